The molecule has 2 atom stereocenters. The number of hydrogen-bond acceptors (Lipinski definition) is 2. The zero-order chi connectivity index (χ0) is 11.4. The van der Waals surface area contributed by atoms with Crippen LogP contribution in [-0.4, -0.2) is 22.3 Å². The minimum atomic E-state index is -0.962. The Hall–Kier alpha value is -0.830. The van der Waals surface area contributed by atoms with E-state index in [0.717, 1.165) is 0 Å². The van der Waals surface area contributed by atoms with Crippen LogP contribution in [0.25, 0.3) is 0 Å². The van der Waals surface area contributed by atoms with E-state index >= 15 is 0 Å². The van der Waals surface area contributed by atoms with Gasteiger partial charge in [-0.3, -0.25) is 4.79 Å². The van der Waals surface area contributed by atoms with Gasteiger partial charge in [0.25, 0.3) is 0 Å². The predicted molar refractivity (Wildman–Crippen MR) is 56.0 cm³/mol. The average molecular weight is 200 g/mol. The molecule has 0 aliphatic carbocycles. The van der Waals surface area contributed by atoms with Crippen LogP contribution in [-0.2, 0) is 4.79 Å². The average Bonchev–Trinajstić information content (AvgIpc) is 1.96. The second-order valence-electron chi connectivity index (χ2n) is 4.66. The van der Waals surface area contributed by atoms with Gasteiger partial charge in [0.2, 0.25) is 0 Å². The van der Waals surface area contributed by atoms with Crippen molar-refractivity contribution < 1.29 is 15.0 Å². The van der Waals surface area contributed by atoms with Crippen LogP contribution < -0.4 is 0 Å². The van der Waals surface area contributed by atoms with Gasteiger partial charge < -0.3 is 10.2 Å². The van der Waals surface area contributed by atoms with E-state index in [1.165, 1.54) is 0 Å². The second-order valence-corrected chi connectivity index (χ2v) is 4.66. The van der Waals surface area contributed by atoms with Crippen molar-refractivity contribution in [1.29, 1.82) is 0 Å². The summed E-state index contributed by atoms with van der Waals surface area (Å²) in [4.78, 5) is 10.5. The van der Waals surface area contributed by atoms with Crippen LogP contribution >= 0.6 is 0 Å². The van der Waals surface area contributed by atoms with E-state index in [9.17, 15) is 9.90 Å². The van der Waals surface area contributed by atoms with Gasteiger partial charge >= 0.3 is 5.97 Å². The van der Waals surface area contributed by atoms with Crippen molar-refractivity contribution in [2.45, 2.75) is 39.7 Å². The van der Waals surface area contributed by atoms with Gasteiger partial charge in [-0.1, -0.05) is 26.8 Å². The van der Waals surface area contributed by atoms with Crippen molar-refractivity contribution in [3.63, 3.8) is 0 Å². The number of carboxylic acids is 1. The predicted octanol–water partition coefficient (Wildman–Crippen LogP) is 2.06. The molecule has 2 N–H and O–H groups in total. The Morgan fingerprint density at radius 1 is 1.50 bits per heavy atom. The number of aliphatic hydroxyl groups is 1. The lowest BCUT2D eigenvalue weighted by molar-refractivity contribution is -0.140. The molecule has 0 spiro atoms. The smallest absolute Gasteiger partial charge is 0.305 e. The third kappa shape index (κ3) is 4.42. The molecule has 0 saturated carbocycles. The zero-order valence-electron chi connectivity index (χ0n) is 9.16. The lowest BCUT2D eigenvalue weighted by Crippen LogP contribution is -2.33. The monoisotopic (exact) mass is 200 g/mol. The van der Waals surface area contributed by atoms with E-state index in [0.29, 0.717) is 6.42 Å². The highest BCUT2D eigenvalue weighted by Crippen LogP contribution is 2.32. The Morgan fingerprint density at radius 2 is 2.00 bits per heavy atom. The van der Waals surface area contributed by atoms with Gasteiger partial charge in [0, 0.05) is 0 Å². The molecule has 0 saturated heterocycles. The Bertz CT molecular complexity index is 203. The molecule has 0 rings (SSSR count). The molecule has 0 aliphatic rings. The van der Waals surface area contributed by atoms with Crippen molar-refractivity contribution in [3.05, 3.63) is 12.7 Å². The van der Waals surface area contributed by atoms with E-state index in [1.807, 2.05) is 20.8 Å². The standard InChI is InChI=1S/C11H20O3/c1-5-6-8(11(2,3)4)9(12)7-10(13)14/h5,8-9,12H,1,6-7H2,2-4H3,(H,13,14). The molecule has 0 aromatic carbocycles. The molecular formula is C11H20O3. The molecule has 0 amide bonds. The summed E-state index contributed by atoms with van der Waals surface area (Å²) in [5.41, 5.74) is -0.108. The maximum Gasteiger partial charge on any atom is 0.305 e. The molecule has 3 heteroatoms. The first-order valence-corrected chi connectivity index (χ1v) is 4.79. The Morgan fingerprint density at radius 3 is 2.29 bits per heavy atom. The Labute approximate surface area is 85.4 Å². The van der Waals surface area contributed by atoms with Crippen molar-refractivity contribution in [2.75, 3.05) is 0 Å². The molecule has 14 heavy (non-hydrogen) atoms. The zero-order valence-corrected chi connectivity index (χ0v) is 9.16. The van der Waals surface area contributed by atoms with Crippen LogP contribution in [0.15, 0.2) is 12.7 Å². The number of rotatable bonds is 5. The quantitative estimate of drug-likeness (QED) is 0.668. The normalized spacial score (nSPS) is 16.0. The molecule has 3 nitrogen and oxygen atoms in total. The fourth-order valence-electron chi connectivity index (χ4n) is 1.59. The maximum atomic E-state index is 10.5. The number of aliphatic hydroxyl groups excluding tert-OH is 1. The number of hydrogen-bond donors (Lipinski definition) is 2. The van der Waals surface area contributed by atoms with Gasteiger partial charge in [-0.2, -0.15) is 0 Å². The summed E-state index contributed by atoms with van der Waals surface area (Å²) >= 11 is 0. The minimum absolute atomic E-state index is 0.0592. The molecule has 0 radical (unpaired) electrons. The Kier molecular flexibility index (Phi) is 4.85. The first-order valence-electron chi connectivity index (χ1n) is 4.79. The third-order valence-corrected chi connectivity index (χ3v) is 2.38. The van der Waals surface area contributed by atoms with Crippen LogP contribution in [0.2, 0.25) is 0 Å². The fraction of sp³-hybridized carbons (Fsp3) is 0.727. The molecule has 2 unspecified atom stereocenters. The molecular weight excluding hydrogens is 180 g/mol. The summed E-state index contributed by atoms with van der Waals surface area (Å²) in [6.45, 7) is 9.59. The first-order chi connectivity index (χ1) is 6.29. The largest absolute Gasteiger partial charge is 0.481 e. The lowest BCUT2D eigenvalue weighted by atomic mass is 9.74. The molecule has 0 aromatic heterocycles. The molecule has 0 bridgehead atoms. The summed E-state index contributed by atoms with van der Waals surface area (Å²) in [6.07, 6.45) is 1.36. The van der Waals surface area contributed by atoms with Crippen molar-refractivity contribution in [1.82, 2.24) is 0 Å². The van der Waals surface area contributed by atoms with E-state index in [1.54, 1.807) is 6.08 Å². The lowest BCUT2D eigenvalue weighted by Gasteiger charge is -2.33. The van der Waals surface area contributed by atoms with Gasteiger partial charge in [-0.05, 0) is 17.8 Å². The minimum Gasteiger partial charge on any atom is -0.481 e. The van der Waals surface area contributed by atoms with Gasteiger partial charge in [0.15, 0.2) is 0 Å². The molecule has 0 aliphatic heterocycles. The molecule has 82 valence electrons. The maximum absolute atomic E-state index is 10.5. The van der Waals surface area contributed by atoms with Crippen molar-refractivity contribution in [3.8, 4) is 0 Å². The van der Waals surface area contributed by atoms with E-state index in [2.05, 4.69) is 6.58 Å². The first kappa shape index (κ1) is 13.2. The SMILES string of the molecule is C=CCC(C(O)CC(=O)O)C(C)(C)C. The Balaban J connectivity index is 4.48. The molecule has 0 fully saturated rings. The highest BCUT2D eigenvalue weighted by atomic mass is 16.4. The van der Waals surface area contributed by atoms with Crippen LogP contribution in [0.3, 0.4) is 0 Å². The molecule has 0 aromatic rings. The van der Waals surface area contributed by atoms with Crippen molar-refractivity contribution >= 4 is 5.97 Å². The summed E-state index contributed by atoms with van der Waals surface area (Å²) in [6, 6.07) is 0. The summed E-state index contributed by atoms with van der Waals surface area (Å²) < 4.78 is 0. The van der Waals surface area contributed by atoms with E-state index in [-0.39, 0.29) is 17.8 Å². The topological polar surface area (TPSA) is 57.5 Å². The summed E-state index contributed by atoms with van der Waals surface area (Å²) in [5.74, 6) is -1.02. The number of aliphatic carboxylic acids is 1. The van der Waals surface area contributed by atoms with Gasteiger partial charge in [0.05, 0.1) is 12.5 Å². The number of allylic oxidation sites excluding steroid dienone is 1. The summed E-state index contributed by atoms with van der Waals surface area (Å²) in [7, 11) is 0. The van der Waals surface area contributed by atoms with Gasteiger partial charge in [0.1, 0.15) is 0 Å². The van der Waals surface area contributed by atoms with Crippen LogP contribution in [0.5, 0.6) is 0 Å². The summed E-state index contributed by atoms with van der Waals surface area (Å²) in [5, 5.41) is 18.3. The van der Waals surface area contributed by atoms with E-state index in [4.69, 9.17) is 5.11 Å². The van der Waals surface area contributed by atoms with Crippen LogP contribution in [0.1, 0.15) is 33.6 Å². The second kappa shape index (κ2) is 5.15. The van der Waals surface area contributed by atoms with Crippen LogP contribution in [0, 0.1) is 11.3 Å². The fourth-order valence-corrected chi connectivity index (χ4v) is 1.59. The molecule has 0 heterocycles. The van der Waals surface area contributed by atoms with Gasteiger partial charge in [-0.15, -0.1) is 6.58 Å². The highest BCUT2D eigenvalue weighted by molar-refractivity contribution is 5.67. The number of carboxylic acid groups (broad SMARTS) is 1. The van der Waals surface area contributed by atoms with Crippen molar-refractivity contribution in [2.24, 2.45) is 11.3 Å². The third-order valence-electron chi connectivity index (χ3n) is 2.38. The van der Waals surface area contributed by atoms with Gasteiger partial charge in [-0.25, -0.2) is 0 Å². The van der Waals surface area contributed by atoms with Crippen LogP contribution in [0.4, 0.5) is 0 Å². The number of carbonyl (C=O) groups is 1. The van der Waals surface area contributed by atoms with E-state index < -0.39 is 12.1 Å². The highest BCUT2D eigenvalue weighted by Gasteiger charge is 2.31.